The van der Waals surface area contributed by atoms with Gasteiger partial charge in [-0.2, -0.15) is 0 Å². The van der Waals surface area contributed by atoms with Crippen LogP contribution in [-0.2, 0) is 16.1 Å². The summed E-state index contributed by atoms with van der Waals surface area (Å²) in [5, 5.41) is 1.51. The Labute approximate surface area is 204 Å². The molecule has 0 N–H and O–H groups in total. The van der Waals surface area contributed by atoms with Gasteiger partial charge in [0.25, 0.3) is 0 Å². The number of ether oxygens (including phenoxy) is 2. The van der Waals surface area contributed by atoms with Crippen LogP contribution in [0.4, 0.5) is 0 Å². The van der Waals surface area contributed by atoms with Crippen molar-refractivity contribution in [3.05, 3.63) is 82.8 Å². The molecule has 4 rings (SSSR count). The fourth-order valence-electron chi connectivity index (χ4n) is 4.34. The second-order valence-corrected chi connectivity index (χ2v) is 8.94. The van der Waals surface area contributed by atoms with E-state index < -0.39 is 0 Å². The van der Waals surface area contributed by atoms with Crippen molar-refractivity contribution in [2.45, 2.75) is 32.3 Å². The van der Waals surface area contributed by atoms with Gasteiger partial charge in [0.15, 0.2) is 0 Å². The summed E-state index contributed by atoms with van der Waals surface area (Å²) in [6.45, 7) is 6.48. The second-order valence-electron chi connectivity index (χ2n) is 8.53. The summed E-state index contributed by atoms with van der Waals surface area (Å²) in [5.74, 6) is 0.479. The zero-order chi connectivity index (χ0) is 24.2. The summed E-state index contributed by atoms with van der Waals surface area (Å²) in [7, 11) is 4.01. The molecule has 0 amide bonds. The molecule has 0 aliphatic carbocycles. The molecule has 1 saturated heterocycles. The Morgan fingerprint density at radius 3 is 2.91 bits per heavy atom. The third-order valence-corrected chi connectivity index (χ3v) is 6.28. The Hall–Kier alpha value is -3.38. The summed E-state index contributed by atoms with van der Waals surface area (Å²) >= 11 is 6.53. The highest BCUT2D eigenvalue weighted by atomic mass is 35.5. The largest absolute Gasteiger partial charge is 0.487 e. The molecule has 1 aliphatic heterocycles. The number of esters is 1. The smallest absolute Gasteiger partial charge is 0.306 e. The molecule has 0 saturated carbocycles. The highest BCUT2D eigenvalue weighted by molar-refractivity contribution is 6.31. The van der Waals surface area contributed by atoms with Crippen molar-refractivity contribution >= 4 is 34.2 Å². The Kier molecular flexibility index (Phi) is 7.17. The van der Waals surface area contributed by atoms with Gasteiger partial charge in [-0.05, 0) is 43.0 Å². The third-order valence-electron chi connectivity index (χ3n) is 5.96. The van der Waals surface area contributed by atoms with E-state index >= 15 is 0 Å². The Balaban J connectivity index is 1.72. The van der Waals surface area contributed by atoms with E-state index in [0.717, 1.165) is 45.4 Å². The predicted molar refractivity (Wildman–Crippen MR) is 135 cm³/mol. The lowest BCUT2D eigenvalue weighted by atomic mass is 9.89. The molecule has 3 heterocycles. The van der Waals surface area contributed by atoms with E-state index in [1.165, 1.54) is 0 Å². The number of benzene rings is 1. The maximum atomic E-state index is 11.9. The van der Waals surface area contributed by atoms with Crippen LogP contribution in [0.15, 0.2) is 55.4 Å². The number of carbonyl (C=O) groups is 1. The molecule has 1 aliphatic rings. The van der Waals surface area contributed by atoms with Gasteiger partial charge < -0.3 is 14.4 Å². The van der Waals surface area contributed by atoms with E-state index in [1.807, 2.05) is 45.3 Å². The monoisotopic (exact) mass is 477 g/mol. The number of cyclic esters (lactones) is 1. The minimum Gasteiger partial charge on any atom is -0.487 e. The molecular formula is C27H28ClN3O3. The number of aryl methyl sites for hydroxylation is 1. The predicted octanol–water partition coefficient (Wildman–Crippen LogP) is 5.68. The van der Waals surface area contributed by atoms with Crippen molar-refractivity contribution in [2.75, 3.05) is 20.7 Å². The fourth-order valence-corrected chi connectivity index (χ4v) is 4.56. The third kappa shape index (κ3) is 4.92. The lowest BCUT2D eigenvalue weighted by molar-refractivity contribution is -0.147. The first-order valence-electron chi connectivity index (χ1n) is 11.2. The molecule has 0 spiro atoms. The van der Waals surface area contributed by atoms with E-state index in [-0.39, 0.29) is 18.5 Å². The standard InChI is InChI=1S/C27H28ClN3O3/c1-5-7-24(31(3)4)20-12-17(2)30-27-19(20)8-6-9-25(27)34-16-22-21(14-29-15-23(22)28)18-10-11-33-26(32)13-18/h5-9,12,14-15,18H,1,10-11,13,16H2,2-4H3/b24-7-. The van der Waals surface area contributed by atoms with Crippen molar-refractivity contribution in [2.24, 2.45) is 0 Å². The first kappa shape index (κ1) is 23.8. The minimum absolute atomic E-state index is 0.0113. The molecule has 6 nitrogen and oxygen atoms in total. The van der Waals surface area contributed by atoms with Crippen LogP contribution in [0.1, 0.15) is 41.1 Å². The minimum atomic E-state index is -0.200. The highest BCUT2D eigenvalue weighted by Crippen LogP contribution is 2.35. The summed E-state index contributed by atoms with van der Waals surface area (Å²) in [6.07, 6.45) is 8.21. The number of hydrogen-bond donors (Lipinski definition) is 0. The number of aromatic nitrogens is 2. The SMILES string of the molecule is C=C/C=C(/c1cc(C)nc2c(OCc3c(Cl)cncc3C3CCOC(=O)C3)cccc12)N(C)C. The summed E-state index contributed by atoms with van der Waals surface area (Å²) in [5.41, 5.74) is 5.52. The van der Waals surface area contributed by atoms with Crippen molar-refractivity contribution in [3.63, 3.8) is 0 Å². The highest BCUT2D eigenvalue weighted by Gasteiger charge is 2.26. The van der Waals surface area contributed by atoms with Crippen LogP contribution in [0.5, 0.6) is 5.75 Å². The maximum absolute atomic E-state index is 11.9. The Morgan fingerprint density at radius 1 is 1.35 bits per heavy atom. The van der Waals surface area contributed by atoms with Gasteiger partial charge in [-0.3, -0.25) is 9.78 Å². The summed E-state index contributed by atoms with van der Waals surface area (Å²) in [6, 6.07) is 7.99. The Bertz CT molecular complexity index is 1270. The first-order valence-corrected chi connectivity index (χ1v) is 11.6. The summed E-state index contributed by atoms with van der Waals surface area (Å²) < 4.78 is 11.4. The maximum Gasteiger partial charge on any atom is 0.306 e. The number of halogens is 1. The fraction of sp³-hybridized carbons (Fsp3) is 0.296. The Morgan fingerprint density at radius 2 is 2.18 bits per heavy atom. The molecule has 0 bridgehead atoms. The number of fused-ring (bicyclic) bond motifs is 1. The molecule has 1 fully saturated rings. The second kappa shape index (κ2) is 10.3. The quantitative estimate of drug-likeness (QED) is 0.322. The van der Waals surface area contributed by atoms with E-state index in [2.05, 4.69) is 22.5 Å². The zero-order valence-corrected chi connectivity index (χ0v) is 20.4. The molecule has 1 atom stereocenters. The topological polar surface area (TPSA) is 64.6 Å². The number of nitrogens with zero attached hydrogens (tertiary/aromatic N) is 3. The zero-order valence-electron chi connectivity index (χ0n) is 19.7. The summed E-state index contributed by atoms with van der Waals surface area (Å²) in [4.78, 5) is 23.0. The lowest BCUT2D eigenvalue weighted by Crippen LogP contribution is -2.21. The number of carbonyl (C=O) groups excluding carboxylic acids is 1. The van der Waals surface area contributed by atoms with E-state index in [4.69, 9.17) is 26.1 Å². The number of rotatable bonds is 7. The van der Waals surface area contributed by atoms with Gasteiger partial charge in [0.05, 0.1) is 18.1 Å². The average Bonchev–Trinajstić information content (AvgIpc) is 2.81. The van der Waals surface area contributed by atoms with Gasteiger partial charge in [0.2, 0.25) is 0 Å². The van der Waals surface area contributed by atoms with E-state index in [0.29, 0.717) is 23.8 Å². The molecule has 1 aromatic carbocycles. The van der Waals surface area contributed by atoms with E-state index in [9.17, 15) is 4.79 Å². The van der Waals surface area contributed by atoms with Gasteiger partial charge in [-0.25, -0.2) is 4.98 Å². The molecule has 2 aromatic heterocycles. The van der Waals surface area contributed by atoms with Crippen LogP contribution in [0, 0.1) is 6.92 Å². The number of para-hydroxylation sites is 1. The average molecular weight is 478 g/mol. The number of pyridine rings is 2. The molecule has 176 valence electrons. The van der Waals surface area contributed by atoms with Crippen molar-refractivity contribution in [3.8, 4) is 5.75 Å². The van der Waals surface area contributed by atoms with E-state index in [1.54, 1.807) is 18.5 Å². The van der Waals surface area contributed by atoms with Gasteiger partial charge in [0, 0.05) is 54.4 Å². The number of hydrogen-bond acceptors (Lipinski definition) is 6. The van der Waals surface area contributed by atoms with Crippen LogP contribution in [0.3, 0.4) is 0 Å². The molecule has 7 heteroatoms. The van der Waals surface area contributed by atoms with Crippen molar-refractivity contribution in [1.29, 1.82) is 0 Å². The molecule has 0 radical (unpaired) electrons. The van der Waals surface area contributed by atoms with Gasteiger partial charge in [0.1, 0.15) is 17.9 Å². The lowest BCUT2D eigenvalue weighted by Gasteiger charge is -2.24. The first-order chi connectivity index (χ1) is 16.4. The van der Waals surface area contributed by atoms with Gasteiger partial charge in [-0.1, -0.05) is 36.4 Å². The molecule has 34 heavy (non-hydrogen) atoms. The molecular weight excluding hydrogens is 450 g/mol. The molecule has 1 unspecified atom stereocenters. The number of allylic oxidation sites excluding steroid dienone is 2. The van der Waals surface area contributed by atoms with Crippen LogP contribution >= 0.6 is 11.6 Å². The van der Waals surface area contributed by atoms with Crippen molar-refractivity contribution in [1.82, 2.24) is 14.9 Å². The van der Waals surface area contributed by atoms with Crippen LogP contribution in [-0.4, -0.2) is 41.5 Å². The normalized spacial score (nSPS) is 16.3. The molecule has 3 aromatic rings. The van der Waals surface area contributed by atoms with Crippen LogP contribution < -0.4 is 4.74 Å². The van der Waals surface area contributed by atoms with Crippen LogP contribution in [0.2, 0.25) is 5.02 Å². The van der Waals surface area contributed by atoms with Crippen LogP contribution in [0.25, 0.3) is 16.6 Å². The van der Waals surface area contributed by atoms with Gasteiger partial charge in [-0.15, -0.1) is 0 Å². The van der Waals surface area contributed by atoms with Crippen molar-refractivity contribution < 1.29 is 14.3 Å². The van der Waals surface area contributed by atoms with Gasteiger partial charge >= 0.3 is 5.97 Å².